The van der Waals surface area contributed by atoms with Crippen LogP contribution in [0.3, 0.4) is 0 Å². The molecule has 2 aromatic rings. The van der Waals surface area contributed by atoms with Gasteiger partial charge in [0.25, 0.3) is 0 Å². The molecule has 1 saturated heterocycles. The lowest BCUT2D eigenvalue weighted by molar-refractivity contribution is -0.137. The van der Waals surface area contributed by atoms with Gasteiger partial charge in [0.2, 0.25) is 10.0 Å². The minimum atomic E-state index is -4.34. The Labute approximate surface area is 200 Å². The van der Waals surface area contributed by atoms with Gasteiger partial charge in [-0.25, -0.2) is 13.4 Å². The number of piperidine rings is 1. The van der Waals surface area contributed by atoms with Crippen LogP contribution < -0.4 is 5.32 Å². The Bertz CT molecular complexity index is 1040. The number of hydrogen-bond acceptors (Lipinski definition) is 5. The van der Waals surface area contributed by atoms with Gasteiger partial charge in [0.15, 0.2) is 0 Å². The first-order chi connectivity index (χ1) is 15.9. The van der Waals surface area contributed by atoms with E-state index in [9.17, 15) is 21.6 Å². The molecule has 6 nitrogen and oxygen atoms in total. The number of nitrogens with zero attached hydrogens (tertiary/aromatic N) is 3. The quantitative estimate of drug-likeness (QED) is 0.556. The van der Waals surface area contributed by atoms with Crippen LogP contribution in [-0.2, 0) is 22.7 Å². The van der Waals surface area contributed by atoms with E-state index < -0.39 is 21.8 Å². The molecule has 10 heteroatoms. The molecule has 3 rings (SSSR count). The molecule has 0 amide bonds. The highest BCUT2D eigenvalue weighted by Gasteiger charge is 2.31. The van der Waals surface area contributed by atoms with E-state index in [1.54, 1.807) is 18.2 Å². The van der Waals surface area contributed by atoms with Crippen molar-refractivity contribution in [2.24, 2.45) is 0 Å². The molecular formula is C24H33F3N4O2S. The second-order valence-corrected chi connectivity index (χ2v) is 11.1. The van der Waals surface area contributed by atoms with Gasteiger partial charge in [-0.15, -0.1) is 0 Å². The Kier molecular flexibility index (Phi) is 8.26. The summed E-state index contributed by atoms with van der Waals surface area (Å²) in [6.45, 7) is 9.36. The van der Waals surface area contributed by atoms with Crippen molar-refractivity contribution in [2.45, 2.75) is 76.3 Å². The van der Waals surface area contributed by atoms with Crippen molar-refractivity contribution in [1.29, 1.82) is 0 Å². The molecule has 1 aliphatic heterocycles. The molecule has 0 bridgehead atoms. The summed E-state index contributed by atoms with van der Waals surface area (Å²) in [7, 11) is -3.63. The van der Waals surface area contributed by atoms with Crippen LogP contribution in [0.2, 0.25) is 0 Å². The third kappa shape index (κ3) is 6.49. The van der Waals surface area contributed by atoms with Crippen LogP contribution in [0.5, 0.6) is 0 Å². The maximum absolute atomic E-state index is 13.0. The molecule has 0 saturated carbocycles. The zero-order valence-corrected chi connectivity index (χ0v) is 20.8. The molecule has 0 unspecified atom stereocenters. The van der Waals surface area contributed by atoms with Crippen LogP contribution in [0, 0.1) is 0 Å². The number of benzene rings is 1. The minimum Gasteiger partial charge on any atom is -0.367 e. The van der Waals surface area contributed by atoms with E-state index >= 15 is 0 Å². The average molecular weight is 499 g/mol. The molecule has 2 heterocycles. The van der Waals surface area contributed by atoms with Crippen LogP contribution in [0.4, 0.5) is 19.0 Å². The highest BCUT2D eigenvalue weighted by molar-refractivity contribution is 7.89. The summed E-state index contributed by atoms with van der Waals surface area (Å²) in [6, 6.07) is 8.56. The summed E-state index contributed by atoms with van der Waals surface area (Å²) >= 11 is 0. The molecule has 34 heavy (non-hydrogen) atoms. The van der Waals surface area contributed by atoms with Gasteiger partial charge in [0.05, 0.1) is 5.56 Å². The number of sulfonamides is 1. The lowest BCUT2D eigenvalue weighted by Gasteiger charge is -2.32. The van der Waals surface area contributed by atoms with Crippen molar-refractivity contribution in [1.82, 2.24) is 14.2 Å². The van der Waals surface area contributed by atoms with Gasteiger partial charge in [-0.2, -0.15) is 17.5 Å². The Hall–Kier alpha value is -2.17. The normalized spacial score (nSPS) is 16.5. The second kappa shape index (κ2) is 10.6. The summed E-state index contributed by atoms with van der Waals surface area (Å²) in [5, 5.41) is 3.35. The first-order valence-corrected chi connectivity index (χ1v) is 13.0. The largest absolute Gasteiger partial charge is 0.416 e. The molecular weight excluding hydrogens is 465 g/mol. The van der Waals surface area contributed by atoms with Gasteiger partial charge in [0, 0.05) is 44.0 Å². The van der Waals surface area contributed by atoms with Gasteiger partial charge in [-0.3, -0.25) is 4.90 Å². The molecule has 1 aliphatic rings. The van der Waals surface area contributed by atoms with E-state index in [1.807, 2.05) is 27.7 Å². The fourth-order valence-electron chi connectivity index (χ4n) is 4.44. The van der Waals surface area contributed by atoms with E-state index in [2.05, 4.69) is 15.2 Å². The van der Waals surface area contributed by atoms with Crippen molar-refractivity contribution >= 4 is 15.8 Å². The highest BCUT2D eigenvalue weighted by atomic mass is 32.2. The van der Waals surface area contributed by atoms with E-state index in [0.717, 1.165) is 32.0 Å². The number of likely N-dealkylation sites (tertiary alicyclic amines) is 1. The fraction of sp³-hybridized carbons (Fsp3) is 0.542. The molecule has 1 aromatic carbocycles. The lowest BCUT2D eigenvalue weighted by atomic mass is 10.0. The van der Waals surface area contributed by atoms with Crippen LogP contribution in [0.1, 0.15) is 51.7 Å². The van der Waals surface area contributed by atoms with Gasteiger partial charge in [0.1, 0.15) is 10.7 Å². The van der Waals surface area contributed by atoms with E-state index in [-0.39, 0.29) is 23.0 Å². The van der Waals surface area contributed by atoms with Crippen molar-refractivity contribution in [3.63, 3.8) is 0 Å². The smallest absolute Gasteiger partial charge is 0.367 e. The SMILES string of the molecule is CC(C)N(C(C)C)S(=O)(=O)c1ccc(NC2CCN(Cc3cccc(C(F)(F)F)c3)CC2)nc1. The topological polar surface area (TPSA) is 65.5 Å². The third-order valence-electron chi connectivity index (χ3n) is 5.93. The molecule has 1 N–H and O–H groups in total. The molecule has 1 fully saturated rings. The van der Waals surface area contributed by atoms with E-state index in [4.69, 9.17) is 0 Å². The zero-order chi connectivity index (χ0) is 25.1. The van der Waals surface area contributed by atoms with Gasteiger partial charge < -0.3 is 5.32 Å². The van der Waals surface area contributed by atoms with Crippen molar-refractivity contribution in [2.75, 3.05) is 18.4 Å². The molecule has 188 valence electrons. The summed E-state index contributed by atoms with van der Waals surface area (Å²) in [4.78, 5) is 6.63. The summed E-state index contributed by atoms with van der Waals surface area (Å²) in [5.41, 5.74) is 0.0273. The molecule has 0 atom stereocenters. The summed E-state index contributed by atoms with van der Waals surface area (Å²) in [5.74, 6) is 0.607. The Morgan fingerprint density at radius 3 is 2.26 bits per heavy atom. The van der Waals surface area contributed by atoms with Gasteiger partial charge in [-0.1, -0.05) is 18.2 Å². The van der Waals surface area contributed by atoms with Crippen LogP contribution in [0.15, 0.2) is 47.5 Å². The molecule has 0 aliphatic carbocycles. The van der Waals surface area contributed by atoms with Crippen LogP contribution in [0.25, 0.3) is 0 Å². The minimum absolute atomic E-state index is 0.163. The standard InChI is InChI=1S/C24H33F3N4O2S/c1-17(2)31(18(3)4)34(32,33)22-8-9-23(28-15-22)29-21-10-12-30(13-11-21)16-19-6-5-7-20(14-19)24(25,26)27/h5-9,14-15,17-18,21H,10-13,16H2,1-4H3,(H,28,29). The number of anilines is 1. The molecule has 0 radical (unpaired) electrons. The number of alkyl halides is 3. The highest BCUT2D eigenvalue weighted by Crippen LogP contribution is 2.30. The number of hydrogen-bond donors (Lipinski definition) is 1. The summed E-state index contributed by atoms with van der Waals surface area (Å²) < 4.78 is 66.2. The number of aromatic nitrogens is 1. The Morgan fingerprint density at radius 1 is 1.09 bits per heavy atom. The summed E-state index contributed by atoms with van der Waals surface area (Å²) in [6.07, 6.45) is -1.32. The first kappa shape index (κ1) is 26.4. The lowest BCUT2D eigenvalue weighted by Crippen LogP contribution is -2.42. The maximum atomic E-state index is 13.0. The first-order valence-electron chi connectivity index (χ1n) is 11.5. The Balaban J connectivity index is 1.56. The van der Waals surface area contributed by atoms with Crippen molar-refractivity contribution < 1.29 is 21.6 Å². The zero-order valence-electron chi connectivity index (χ0n) is 20.0. The fourth-order valence-corrected chi connectivity index (χ4v) is 6.22. The molecule has 1 aromatic heterocycles. The van der Waals surface area contributed by atoms with E-state index in [0.29, 0.717) is 17.9 Å². The van der Waals surface area contributed by atoms with E-state index in [1.165, 1.54) is 22.6 Å². The van der Waals surface area contributed by atoms with Crippen molar-refractivity contribution in [3.8, 4) is 0 Å². The van der Waals surface area contributed by atoms with Crippen LogP contribution >= 0.6 is 0 Å². The number of rotatable bonds is 8. The number of halogens is 3. The average Bonchev–Trinajstić information content (AvgIpc) is 2.74. The van der Waals surface area contributed by atoms with Gasteiger partial charge >= 0.3 is 6.18 Å². The monoisotopic (exact) mass is 498 g/mol. The number of nitrogens with one attached hydrogen (secondary N) is 1. The maximum Gasteiger partial charge on any atom is 0.416 e. The predicted octanol–water partition coefficient (Wildman–Crippen LogP) is 4.98. The third-order valence-corrected chi connectivity index (χ3v) is 8.17. The van der Waals surface area contributed by atoms with Crippen LogP contribution in [-0.4, -0.2) is 53.8 Å². The molecule has 0 spiro atoms. The second-order valence-electron chi connectivity index (χ2n) is 9.29. The number of pyridine rings is 1. The predicted molar refractivity (Wildman–Crippen MR) is 127 cm³/mol. The Morgan fingerprint density at radius 2 is 1.74 bits per heavy atom. The van der Waals surface area contributed by atoms with Crippen molar-refractivity contribution in [3.05, 3.63) is 53.7 Å². The van der Waals surface area contributed by atoms with Gasteiger partial charge in [-0.05, 0) is 64.3 Å².